The average Bonchev–Trinajstić information content (AvgIpc) is 3.10. The molecule has 0 saturated carbocycles. The molecule has 2 heterocycles. The number of pyridine rings is 1. The number of carbonyl (C=O) groups is 1. The fraction of sp³-hybridized carbons (Fsp3) is 0.0476. The van der Waals surface area contributed by atoms with Gasteiger partial charge in [-0.3, -0.25) is 9.78 Å². The molecule has 0 aliphatic carbocycles. The molecule has 1 aliphatic rings. The fourth-order valence-corrected chi connectivity index (χ4v) is 2.94. The minimum atomic E-state index is 0.0725. The lowest BCUT2D eigenvalue weighted by Gasteiger charge is -2.10. The lowest BCUT2D eigenvalue weighted by atomic mass is 10.1. The first kappa shape index (κ1) is 16.1. The molecule has 3 N–H and O–H groups in total. The first-order valence-corrected chi connectivity index (χ1v) is 8.39. The van der Waals surface area contributed by atoms with Gasteiger partial charge < -0.3 is 10.7 Å². The lowest BCUT2D eigenvalue weighted by molar-refractivity contribution is 0.112. The summed E-state index contributed by atoms with van der Waals surface area (Å²) in [4.78, 5) is 15.5. The number of benzene rings is 2. The molecule has 1 aromatic heterocycles. The van der Waals surface area contributed by atoms with E-state index in [2.05, 4.69) is 33.3 Å². The van der Waals surface area contributed by atoms with E-state index in [0.717, 1.165) is 34.6 Å². The van der Waals surface area contributed by atoms with Crippen LogP contribution in [0.4, 0.5) is 17.1 Å². The summed E-state index contributed by atoms with van der Waals surface area (Å²) in [6.45, 7) is 0. The van der Waals surface area contributed by atoms with E-state index in [-0.39, 0.29) is 6.04 Å². The van der Waals surface area contributed by atoms with Gasteiger partial charge in [-0.1, -0.05) is 30.3 Å². The minimum Gasteiger partial charge on any atom is -0.355 e. The molecule has 0 saturated heterocycles. The quantitative estimate of drug-likeness (QED) is 0.603. The fourth-order valence-electron chi connectivity index (χ4n) is 2.94. The van der Waals surface area contributed by atoms with Gasteiger partial charge in [-0.25, -0.2) is 5.43 Å². The Hall–Kier alpha value is -3.44. The zero-order valence-electron chi connectivity index (χ0n) is 14.0. The highest BCUT2D eigenvalue weighted by molar-refractivity contribution is 5.86. The molecule has 5 nitrogen and oxygen atoms in total. The summed E-state index contributed by atoms with van der Waals surface area (Å²) in [6.07, 6.45) is 6.72. The highest BCUT2D eigenvalue weighted by atomic mass is 16.1. The van der Waals surface area contributed by atoms with Crippen LogP contribution in [0.15, 0.2) is 72.9 Å². The minimum absolute atomic E-state index is 0.0725. The molecule has 128 valence electrons. The third kappa shape index (κ3) is 3.34. The van der Waals surface area contributed by atoms with Crippen molar-refractivity contribution < 1.29 is 4.79 Å². The molecule has 5 heteroatoms. The second kappa shape index (κ2) is 7.21. The van der Waals surface area contributed by atoms with Gasteiger partial charge in [0, 0.05) is 23.1 Å². The van der Waals surface area contributed by atoms with Crippen LogP contribution in [0, 0.1) is 0 Å². The molecule has 4 rings (SSSR count). The van der Waals surface area contributed by atoms with E-state index in [1.54, 1.807) is 12.3 Å². The van der Waals surface area contributed by atoms with Gasteiger partial charge in [0.15, 0.2) is 6.29 Å². The van der Waals surface area contributed by atoms with Crippen LogP contribution >= 0.6 is 0 Å². The molecule has 1 atom stereocenters. The van der Waals surface area contributed by atoms with Crippen LogP contribution in [0.2, 0.25) is 0 Å². The Morgan fingerprint density at radius 1 is 1.04 bits per heavy atom. The molecule has 1 aliphatic heterocycles. The number of para-hydroxylation sites is 1. The summed E-state index contributed by atoms with van der Waals surface area (Å²) in [7, 11) is 0. The van der Waals surface area contributed by atoms with Gasteiger partial charge in [0.1, 0.15) is 0 Å². The van der Waals surface area contributed by atoms with E-state index < -0.39 is 0 Å². The number of hydrazine groups is 1. The van der Waals surface area contributed by atoms with Crippen molar-refractivity contribution in [1.29, 1.82) is 0 Å². The highest BCUT2D eigenvalue weighted by Crippen LogP contribution is 2.33. The normalized spacial score (nSPS) is 15.5. The Kier molecular flexibility index (Phi) is 4.45. The SMILES string of the molecule is O=Cc1ccccc1Nc1ccc2c(c1)NNC2/C=C/c1ccccn1. The number of hydrogen-bond donors (Lipinski definition) is 3. The van der Waals surface area contributed by atoms with Crippen molar-refractivity contribution in [2.75, 3.05) is 10.7 Å². The van der Waals surface area contributed by atoms with Gasteiger partial charge in [-0.15, -0.1) is 0 Å². The van der Waals surface area contributed by atoms with Gasteiger partial charge in [-0.2, -0.15) is 0 Å². The average molecular weight is 342 g/mol. The van der Waals surface area contributed by atoms with E-state index in [1.807, 2.05) is 54.6 Å². The van der Waals surface area contributed by atoms with Gasteiger partial charge >= 0.3 is 0 Å². The predicted molar refractivity (Wildman–Crippen MR) is 104 cm³/mol. The first-order valence-electron chi connectivity index (χ1n) is 8.39. The Bertz CT molecular complexity index is 953. The Morgan fingerprint density at radius 2 is 1.92 bits per heavy atom. The molecule has 2 aromatic carbocycles. The maximum Gasteiger partial charge on any atom is 0.152 e. The molecule has 1 unspecified atom stereocenters. The van der Waals surface area contributed by atoms with Crippen LogP contribution in [0.25, 0.3) is 6.08 Å². The summed E-state index contributed by atoms with van der Waals surface area (Å²) >= 11 is 0. The molecule has 0 amide bonds. The first-order chi connectivity index (χ1) is 12.8. The standard InChI is InChI=1S/C21H18N4O/c26-14-15-5-1-2-7-19(15)23-17-8-10-18-20(24-25-21(18)13-17)11-9-16-6-3-4-12-22-16/h1-14,20,23-25H/b11-9+. The summed E-state index contributed by atoms with van der Waals surface area (Å²) in [5.74, 6) is 0. The van der Waals surface area contributed by atoms with Gasteiger partial charge in [-0.05, 0) is 48.0 Å². The Labute approximate surface area is 151 Å². The van der Waals surface area contributed by atoms with Crippen molar-refractivity contribution in [1.82, 2.24) is 10.4 Å². The predicted octanol–water partition coefficient (Wildman–Crippen LogP) is 4.32. The number of aldehydes is 1. The van der Waals surface area contributed by atoms with E-state index in [1.165, 1.54) is 0 Å². The van der Waals surface area contributed by atoms with Gasteiger partial charge in [0.2, 0.25) is 0 Å². The van der Waals surface area contributed by atoms with Crippen LogP contribution < -0.4 is 16.2 Å². The molecular weight excluding hydrogens is 324 g/mol. The van der Waals surface area contributed by atoms with Crippen LogP contribution in [0.5, 0.6) is 0 Å². The maximum atomic E-state index is 11.2. The molecule has 26 heavy (non-hydrogen) atoms. The highest BCUT2D eigenvalue weighted by Gasteiger charge is 2.19. The second-order valence-electron chi connectivity index (χ2n) is 5.99. The van der Waals surface area contributed by atoms with Crippen LogP contribution in [-0.4, -0.2) is 11.3 Å². The van der Waals surface area contributed by atoms with Crippen LogP contribution in [-0.2, 0) is 0 Å². The summed E-state index contributed by atoms with van der Waals surface area (Å²) in [5.41, 5.74) is 11.9. The Balaban J connectivity index is 1.53. The number of rotatable bonds is 5. The van der Waals surface area contributed by atoms with Crippen molar-refractivity contribution in [2.24, 2.45) is 0 Å². The molecule has 0 spiro atoms. The maximum absolute atomic E-state index is 11.2. The number of anilines is 3. The third-order valence-corrected chi connectivity index (χ3v) is 4.26. The van der Waals surface area contributed by atoms with E-state index in [4.69, 9.17) is 0 Å². The molecular formula is C21H18N4O. The topological polar surface area (TPSA) is 66.1 Å². The Morgan fingerprint density at radius 3 is 2.77 bits per heavy atom. The molecule has 3 aromatic rings. The van der Waals surface area contributed by atoms with Crippen LogP contribution in [0.1, 0.15) is 27.7 Å². The van der Waals surface area contributed by atoms with E-state index >= 15 is 0 Å². The van der Waals surface area contributed by atoms with Crippen molar-refractivity contribution >= 4 is 29.4 Å². The van der Waals surface area contributed by atoms with E-state index in [9.17, 15) is 4.79 Å². The molecule has 0 bridgehead atoms. The monoisotopic (exact) mass is 342 g/mol. The number of nitrogens with one attached hydrogen (secondary N) is 3. The van der Waals surface area contributed by atoms with Crippen molar-refractivity contribution in [3.8, 4) is 0 Å². The third-order valence-electron chi connectivity index (χ3n) is 4.26. The second-order valence-corrected chi connectivity index (χ2v) is 5.99. The zero-order valence-corrected chi connectivity index (χ0v) is 14.0. The van der Waals surface area contributed by atoms with Crippen molar-refractivity contribution in [2.45, 2.75) is 6.04 Å². The number of carbonyl (C=O) groups excluding carboxylic acids is 1. The van der Waals surface area contributed by atoms with Gasteiger partial charge in [0.25, 0.3) is 0 Å². The van der Waals surface area contributed by atoms with E-state index in [0.29, 0.717) is 5.56 Å². The number of nitrogens with zero attached hydrogens (tertiary/aromatic N) is 1. The summed E-state index contributed by atoms with van der Waals surface area (Å²) in [6, 6.07) is 19.5. The smallest absolute Gasteiger partial charge is 0.152 e. The molecule has 0 fully saturated rings. The van der Waals surface area contributed by atoms with Crippen molar-refractivity contribution in [3.05, 3.63) is 89.8 Å². The summed E-state index contributed by atoms with van der Waals surface area (Å²) < 4.78 is 0. The largest absolute Gasteiger partial charge is 0.355 e. The zero-order chi connectivity index (χ0) is 17.8. The summed E-state index contributed by atoms with van der Waals surface area (Å²) in [5, 5.41) is 3.30. The number of fused-ring (bicyclic) bond motifs is 1. The molecule has 0 radical (unpaired) electrons. The van der Waals surface area contributed by atoms with Gasteiger partial charge in [0.05, 0.1) is 17.4 Å². The van der Waals surface area contributed by atoms with Crippen molar-refractivity contribution in [3.63, 3.8) is 0 Å². The number of aromatic nitrogens is 1. The van der Waals surface area contributed by atoms with Crippen LogP contribution in [0.3, 0.4) is 0 Å². The number of hydrogen-bond acceptors (Lipinski definition) is 5. The lowest BCUT2D eigenvalue weighted by Crippen LogP contribution is -2.16.